The van der Waals surface area contributed by atoms with E-state index in [-0.39, 0.29) is 24.0 Å². The first kappa shape index (κ1) is 21.3. The Kier molecular flexibility index (Phi) is 5.94. The highest BCUT2D eigenvalue weighted by atomic mass is 35.5. The fourth-order valence-electron chi connectivity index (χ4n) is 3.45. The van der Waals surface area contributed by atoms with Crippen LogP contribution < -0.4 is 10.3 Å². The minimum Gasteiger partial charge on any atom is -0.491 e. The van der Waals surface area contributed by atoms with Gasteiger partial charge in [-0.2, -0.15) is 0 Å². The molecule has 0 atom stereocenters. The molecule has 0 saturated heterocycles. The zero-order valence-corrected chi connectivity index (χ0v) is 19.0. The van der Waals surface area contributed by atoms with Crippen LogP contribution in [0.3, 0.4) is 0 Å². The molecule has 0 aliphatic carbocycles. The summed E-state index contributed by atoms with van der Waals surface area (Å²) in [6.45, 7) is 5.77. The molecule has 5 nitrogen and oxygen atoms in total. The first-order valence-corrected chi connectivity index (χ1v) is 11.1. The molecule has 2 aromatic heterocycles. The number of nitrogens with zero attached hydrogens (tertiary/aromatic N) is 2. The van der Waals surface area contributed by atoms with Crippen LogP contribution in [0, 0.1) is 6.92 Å². The van der Waals surface area contributed by atoms with Gasteiger partial charge in [0.25, 0.3) is 5.56 Å². The minimum absolute atomic E-state index is 0.0573. The first-order chi connectivity index (χ1) is 14.8. The number of aromatic nitrogens is 2. The van der Waals surface area contributed by atoms with Crippen molar-refractivity contribution >= 4 is 38.9 Å². The fourth-order valence-corrected chi connectivity index (χ4v) is 4.58. The van der Waals surface area contributed by atoms with E-state index in [0.717, 1.165) is 16.0 Å². The van der Waals surface area contributed by atoms with Crippen LogP contribution in [0.5, 0.6) is 5.75 Å². The third-order valence-electron chi connectivity index (χ3n) is 4.85. The van der Waals surface area contributed by atoms with Crippen molar-refractivity contribution in [2.75, 3.05) is 0 Å². The van der Waals surface area contributed by atoms with Gasteiger partial charge >= 0.3 is 0 Å². The standard InChI is InChI=1S/C24H21ClN2O3S/c1-14(2)30-19-10-6-16(7-11-19)20(28)12-27-13-26-23-22(24(27)29)21(15(3)31-23)17-4-8-18(25)9-5-17/h4-11,13-14H,12H2,1-3H3. The lowest BCUT2D eigenvalue weighted by Crippen LogP contribution is -2.24. The molecule has 0 aliphatic rings. The van der Waals surface area contributed by atoms with E-state index in [9.17, 15) is 9.59 Å². The summed E-state index contributed by atoms with van der Waals surface area (Å²) >= 11 is 7.48. The molecule has 31 heavy (non-hydrogen) atoms. The number of Topliss-reactive ketones (excluding diaryl/α,β-unsaturated/α-hetero) is 1. The quantitative estimate of drug-likeness (QED) is 0.349. The van der Waals surface area contributed by atoms with Gasteiger partial charge in [-0.1, -0.05) is 23.7 Å². The average molecular weight is 453 g/mol. The van der Waals surface area contributed by atoms with Crippen LogP contribution in [0.15, 0.2) is 59.7 Å². The van der Waals surface area contributed by atoms with Crippen molar-refractivity contribution in [3.63, 3.8) is 0 Å². The van der Waals surface area contributed by atoms with Gasteiger partial charge in [0.1, 0.15) is 10.6 Å². The molecule has 0 saturated carbocycles. The van der Waals surface area contributed by atoms with Gasteiger partial charge in [0, 0.05) is 21.0 Å². The number of carbonyl (C=O) groups excluding carboxylic acids is 1. The normalized spacial score (nSPS) is 11.3. The topological polar surface area (TPSA) is 61.2 Å². The molecule has 2 heterocycles. The van der Waals surface area contributed by atoms with Crippen molar-refractivity contribution in [2.24, 2.45) is 0 Å². The second-order valence-electron chi connectivity index (χ2n) is 7.51. The Hall–Kier alpha value is -2.96. The maximum atomic E-state index is 13.3. The van der Waals surface area contributed by atoms with Crippen LogP contribution in [0.25, 0.3) is 21.3 Å². The summed E-state index contributed by atoms with van der Waals surface area (Å²) in [7, 11) is 0. The summed E-state index contributed by atoms with van der Waals surface area (Å²) in [5.41, 5.74) is 2.03. The highest BCUT2D eigenvalue weighted by Gasteiger charge is 2.18. The van der Waals surface area contributed by atoms with Crippen LogP contribution in [0.1, 0.15) is 29.1 Å². The summed E-state index contributed by atoms with van der Waals surface area (Å²) in [5.74, 6) is 0.535. The number of rotatable bonds is 6. The zero-order valence-electron chi connectivity index (χ0n) is 17.4. The van der Waals surface area contributed by atoms with Gasteiger partial charge in [0.2, 0.25) is 0 Å². The monoisotopic (exact) mass is 452 g/mol. The van der Waals surface area contributed by atoms with Gasteiger partial charge in [0.05, 0.1) is 24.4 Å². The van der Waals surface area contributed by atoms with E-state index in [1.54, 1.807) is 36.4 Å². The van der Waals surface area contributed by atoms with E-state index in [4.69, 9.17) is 16.3 Å². The van der Waals surface area contributed by atoms with Crippen molar-refractivity contribution in [3.05, 3.63) is 80.7 Å². The Bertz CT molecular complexity index is 1310. The molecule has 0 fully saturated rings. The second-order valence-corrected chi connectivity index (χ2v) is 9.15. The Balaban J connectivity index is 1.68. The Morgan fingerprint density at radius 1 is 1.13 bits per heavy atom. The molecular formula is C24H21ClN2O3S. The highest BCUT2D eigenvalue weighted by molar-refractivity contribution is 7.19. The molecule has 0 radical (unpaired) electrons. The van der Waals surface area contributed by atoms with E-state index in [0.29, 0.717) is 26.6 Å². The fraction of sp³-hybridized carbons (Fsp3) is 0.208. The summed E-state index contributed by atoms with van der Waals surface area (Å²) in [4.78, 5) is 32.2. The van der Waals surface area contributed by atoms with Crippen molar-refractivity contribution in [3.8, 4) is 16.9 Å². The van der Waals surface area contributed by atoms with Crippen LogP contribution in [0.2, 0.25) is 5.02 Å². The number of hydrogen-bond acceptors (Lipinski definition) is 5. The van der Waals surface area contributed by atoms with E-state index in [2.05, 4.69) is 4.98 Å². The molecular weight excluding hydrogens is 432 g/mol. The van der Waals surface area contributed by atoms with Crippen LogP contribution in [0.4, 0.5) is 0 Å². The van der Waals surface area contributed by atoms with Gasteiger partial charge < -0.3 is 4.74 Å². The molecule has 0 spiro atoms. The van der Waals surface area contributed by atoms with E-state index >= 15 is 0 Å². The number of carbonyl (C=O) groups is 1. The summed E-state index contributed by atoms with van der Waals surface area (Å²) in [5, 5.41) is 1.16. The summed E-state index contributed by atoms with van der Waals surface area (Å²) < 4.78 is 6.99. The molecule has 0 unspecified atom stereocenters. The predicted molar refractivity (Wildman–Crippen MR) is 126 cm³/mol. The Morgan fingerprint density at radius 3 is 2.45 bits per heavy atom. The van der Waals surface area contributed by atoms with Crippen LogP contribution in [-0.4, -0.2) is 21.4 Å². The molecule has 4 aromatic rings. The maximum Gasteiger partial charge on any atom is 0.263 e. The van der Waals surface area contributed by atoms with E-state index in [1.807, 2.05) is 32.9 Å². The Morgan fingerprint density at radius 2 is 1.81 bits per heavy atom. The first-order valence-electron chi connectivity index (χ1n) is 9.88. The maximum absolute atomic E-state index is 13.3. The predicted octanol–water partition coefficient (Wildman–Crippen LogP) is 5.76. The van der Waals surface area contributed by atoms with Crippen LogP contribution >= 0.6 is 22.9 Å². The number of halogens is 1. The van der Waals surface area contributed by atoms with Gasteiger partial charge in [-0.05, 0) is 62.7 Å². The second kappa shape index (κ2) is 8.65. The number of benzene rings is 2. The van der Waals surface area contributed by atoms with E-state index in [1.165, 1.54) is 22.2 Å². The molecule has 0 N–H and O–H groups in total. The lowest BCUT2D eigenvalue weighted by molar-refractivity contribution is 0.0970. The molecule has 0 amide bonds. The van der Waals surface area contributed by atoms with Gasteiger partial charge in [-0.25, -0.2) is 4.98 Å². The van der Waals surface area contributed by atoms with Crippen molar-refractivity contribution in [2.45, 2.75) is 33.4 Å². The molecule has 0 bridgehead atoms. The summed E-state index contributed by atoms with van der Waals surface area (Å²) in [6, 6.07) is 14.3. The Labute approximate surface area is 188 Å². The third kappa shape index (κ3) is 4.40. The summed E-state index contributed by atoms with van der Waals surface area (Å²) in [6.07, 6.45) is 1.50. The average Bonchev–Trinajstić information content (AvgIpc) is 3.07. The largest absolute Gasteiger partial charge is 0.491 e. The molecule has 4 rings (SSSR count). The van der Waals surface area contributed by atoms with Crippen molar-refractivity contribution in [1.82, 2.24) is 9.55 Å². The molecule has 2 aromatic carbocycles. The van der Waals surface area contributed by atoms with Crippen LogP contribution in [-0.2, 0) is 6.54 Å². The minimum atomic E-state index is -0.229. The lowest BCUT2D eigenvalue weighted by atomic mass is 10.0. The van der Waals surface area contributed by atoms with Crippen molar-refractivity contribution in [1.29, 1.82) is 0 Å². The molecule has 0 aliphatic heterocycles. The number of thiophene rings is 1. The molecule has 158 valence electrons. The number of ether oxygens (including phenoxy) is 1. The molecule has 7 heteroatoms. The zero-order chi connectivity index (χ0) is 22.1. The van der Waals surface area contributed by atoms with Gasteiger partial charge in [0.15, 0.2) is 5.78 Å². The number of ketones is 1. The van der Waals surface area contributed by atoms with Gasteiger partial charge in [-0.15, -0.1) is 11.3 Å². The van der Waals surface area contributed by atoms with E-state index < -0.39 is 0 Å². The number of fused-ring (bicyclic) bond motifs is 1. The third-order valence-corrected chi connectivity index (χ3v) is 6.11. The SMILES string of the molecule is Cc1sc2ncn(CC(=O)c3ccc(OC(C)C)cc3)c(=O)c2c1-c1ccc(Cl)cc1. The number of aryl methyl sites for hydroxylation is 1. The lowest BCUT2D eigenvalue weighted by Gasteiger charge is -2.10. The highest BCUT2D eigenvalue weighted by Crippen LogP contribution is 2.35. The van der Waals surface area contributed by atoms with Crippen molar-refractivity contribution < 1.29 is 9.53 Å². The smallest absolute Gasteiger partial charge is 0.263 e. The number of hydrogen-bond donors (Lipinski definition) is 0. The van der Waals surface area contributed by atoms with Gasteiger partial charge in [-0.3, -0.25) is 14.2 Å².